The number of aryl methyl sites for hydroxylation is 1. The summed E-state index contributed by atoms with van der Waals surface area (Å²) in [6.07, 6.45) is 0. The molecule has 0 bridgehead atoms. The summed E-state index contributed by atoms with van der Waals surface area (Å²) >= 11 is 8.21. The van der Waals surface area contributed by atoms with Crippen molar-refractivity contribution in [1.82, 2.24) is 0 Å². The number of nitrogens with one attached hydrogen (secondary N) is 1. The van der Waals surface area contributed by atoms with Gasteiger partial charge >= 0.3 is 0 Å². The van der Waals surface area contributed by atoms with Crippen LogP contribution in [0.5, 0.6) is 0 Å². The Bertz CT molecular complexity index is 525. The molecule has 3 heteroatoms. The smallest absolute Gasteiger partial charge is 0.0479 e. The fourth-order valence-corrected chi connectivity index (χ4v) is 2.71. The highest BCUT2D eigenvalue weighted by Crippen LogP contribution is 2.22. The van der Waals surface area contributed by atoms with Crippen molar-refractivity contribution < 1.29 is 0 Å². The van der Waals surface area contributed by atoms with Crippen molar-refractivity contribution in [3.05, 3.63) is 62.2 Å². The van der Waals surface area contributed by atoms with Crippen LogP contribution in [0.4, 0.5) is 5.69 Å². The zero-order chi connectivity index (χ0) is 12.3. The van der Waals surface area contributed by atoms with Crippen molar-refractivity contribution in [2.24, 2.45) is 0 Å². The minimum Gasteiger partial charge on any atom is -0.380 e. The second-order valence-corrected chi connectivity index (χ2v) is 5.57. The maximum Gasteiger partial charge on any atom is 0.0479 e. The summed E-state index contributed by atoms with van der Waals surface area (Å²) in [4.78, 5) is 0. The monoisotopic (exact) mass is 357 g/mol. The highest BCUT2D eigenvalue weighted by molar-refractivity contribution is 14.1. The van der Waals surface area contributed by atoms with E-state index in [9.17, 15) is 0 Å². The molecule has 0 amide bonds. The van der Waals surface area contributed by atoms with Gasteiger partial charge < -0.3 is 5.32 Å². The van der Waals surface area contributed by atoms with Crippen LogP contribution in [0.25, 0.3) is 0 Å². The van der Waals surface area contributed by atoms with E-state index in [2.05, 4.69) is 59.1 Å². The first-order valence-electron chi connectivity index (χ1n) is 5.39. The van der Waals surface area contributed by atoms with Crippen molar-refractivity contribution in [1.29, 1.82) is 0 Å². The van der Waals surface area contributed by atoms with Crippen LogP contribution in [0.2, 0.25) is 5.02 Å². The van der Waals surface area contributed by atoms with Crippen molar-refractivity contribution in [3.63, 3.8) is 0 Å². The molecule has 0 aromatic heterocycles. The SMILES string of the molecule is Cc1cccc(CNc2ccc(Cl)cc2I)c1. The predicted molar refractivity (Wildman–Crippen MR) is 82.7 cm³/mol. The Kier molecular flexibility index (Phi) is 4.29. The minimum atomic E-state index is 0.774. The Labute approximate surface area is 120 Å². The second-order valence-electron chi connectivity index (χ2n) is 3.97. The van der Waals surface area contributed by atoms with E-state index in [0.717, 1.165) is 20.8 Å². The van der Waals surface area contributed by atoms with Crippen LogP contribution in [0.15, 0.2) is 42.5 Å². The van der Waals surface area contributed by atoms with Gasteiger partial charge in [0.2, 0.25) is 0 Å². The third-order valence-electron chi connectivity index (χ3n) is 2.50. The Morgan fingerprint density at radius 1 is 1.18 bits per heavy atom. The maximum absolute atomic E-state index is 5.92. The largest absolute Gasteiger partial charge is 0.380 e. The predicted octanol–water partition coefficient (Wildman–Crippen LogP) is 4.87. The van der Waals surface area contributed by atoms with E-state index in [1.165, 1.54) is 11.1 Å². The van der Waals surface area contributed by atoms with E-state index in [-0.39, 0.29) is 0 Å². The Balaban J connectivity index is 2.07. The molecule has 88 valence electrons. The number of benzene rings is 2. The van der Waals surface area contributed by atoms with Crippen LogP contribution in [-0.2, 0) is 6.54 Å². The Hall–Kier alpha value is -0.740. The van der Waals surface area contributed by atoms with Crippen molar-refractivity contribution in [3.8, 4) is 0 Å². The van der Waals surface area contributed by atoms with Gasteiger partial charge in [0, 0.05) is 20.8 Å². The molecule has 2 rings (SSSR count). The van der Waals surface area contributed by atoms with Gasteiger partial charge in [-0.1, -0.05) is 41.4 Å². The highest BCUT2D eigenvalue weighted by Gasteiger charge is 2.00. The molecule has 2 aromatic rings. The molecule has 2 aromatic carbocycles. The molecule has 0 radical (unpaired) electrons. The first-order chi connectivity index (χ1) is 8.15. The van der Waals surface area contributed by atoms with Crippen molar-refractivity contribution in [2.75, 3.05) is 5.32 Å². The highest BCUT2D eigenvalue weighted by atomic mass is 127. The van der Waals surface area contributed by atoms with Gasteiger partial charge in [0.1, 0.15) is 0 Å². The Morgan fingerprint density at radius 2 is 2.00 bits per heavy atom. The lowest BCUT2D eigenvalue weighted by molar-refractivity contribution is 1.14. The van der Waals surface area contributed by atoms with Gasteiger partial charge in [-0.15, -0.1) is 0 Å². The van der Waals surface area contributed by atoms with Gasteiger partial charge in [-0.05, 0) is 53.3 Å². The molecule has 0 unspecified atom stereocenters. The lowest BCUT2D eigenvalue weighted by Gasteiger charge is -2.09. The third kappa shape index (κ3) is 3.61. The van der Waals surface area contributed by atoms with Gasteiger partial charge in [0.15, 0.2) is 0 Å². The summed E-state index contributed by atoms with van der Waals surface area (Å²) in [5, 5.41) is 4.19. The average Bonchev–Trinajstić information content (AvgIpc) is 2.28. The normalized spacial score (nSPS) is 10.3. The van der Waals surface area contributed by atoms with Crippen LogP contribution in [0.3, 0.4) is 0 Å². The van der Waals surface area contributed by atoms with Gasteiger partial charge in [0.25, 0.3) is 0 Å². The summed E-state index contributed by atoms with van der Waals surface area (Å²) in [7, 11) is 0. The van der Waals surface area contributed by atoms with Crippen LogP contribution < -0.4 is 5.32 Å². The number of rotatable bonds is 3. The van der Waals surface area contributed by atoms with E-state index >= 15 is 0 Å². The fraction of sp³-hybridized carbons (Fsp3) is 0.143. The molecule has 0 heterocycles. The Morgan fingerprint density at radius 3 is 2.71 bits per heavy atom. The van der Waals surface area contributed by atoms with E-state index in [1.54, 1.807) is 0 Å². The number of halogens is 2. The minimum absolute atomic E-state index is 0.774. The quantitative estimate of drug-likeness (QED) is 0.773. The van der Waals surface area contributed by atoms with E-state index in [1.807, 2.05) is 18.2 Å². The molecule has 0 atom stereocenters. The summed E-state index contributed by atoms with van der Waals surface area (Å²) < 4.78 is 1.14. The van der Waals surface area contributed by atoms with E-state index < -0.39 is 0 Å². The zero-order valence-corrected chi connectivity index (χ0v) is 12.4. The average molecular weight is 358 g/mol. The summed E-state index contributed by atoms with van der Waals surface area (Å²) in [5.74, 6) is 0. The molecule has 0 aliphatic rings. The van der Waals surface area contributed by atoms with E-state index in [4.69, 9.17) is 11.6 Å². The lowest BCUT2D eigenvalue weighted by atomic mass is 10.1. The van der Waals surface area contributed by atoms with Gasteiger partial charge in [-0.3, -0.25) is 0 Å². The topological polar surface area (TPSA) is 12.0 Å². The zero-order valence-electron chi connectivity index (χ0n) is 9.50. The maximum atomic E-state index is 5.92. The molecule has 0 spiro atoms. The molecule has 0 saturated carbocycles. The van der Waals surface area contributed by atoms with Crippen LogP contribution in [-0.4, -0.2) is 0 Å². The molecule has 0 aliphatic heterocycles. The fourth-order valence-electron chi connectivity index (χ4n) is 1.65. The summed E-state index contributed by atoms with van der Waals surface area (Å²) in [5.41, 5.74) is 3.70. The molecule has 17 heavy (non-hydrogen) atoms. The van der Waals surface area contributed by atoms with Crippen LogP contribution >= 0.6 is 34.2 Å². The standard InChI is InChI=1S/C14H13ClIN/c1-10-3-2-4-11(7-10)9-17-14-6-5-12(15)8-13(14)16/h2-8,17H,9H2,1H3. The first kappa shape index (κ1) is 12.7. The number of hydrogen-bond donors (Lipinski definition) is 1. The second kappa shape index (κ2) is 5.74. The molecule has 0 fully saturated rings. The van der Waals surface area contributed by atoms with Crippen molar-refractivity contribution in [2.45, 2.75) is 13.5 Å². The van der Waals surface area contributed by atoms with Gasteiger partial charge in [-0.2, -0.15) is 0 Å². The molecule has 0 aliphatic carbocycles. The molecular formula is C14H13ClIN. The van der Waals surface area contributed by atoms with Gasteiger partial charge in [-0.25, -0.2) is 0 Å². The van der Waals surface area contributed by atoms with Crippen LogP contribution in [0.1, 0.15) is 11.1 Å². The summed E-state index contributed by atoms with van der Waals surface area (Å²) in [6, 6.07) is 14.4. The number of hydrogen-bond acceptors (Lipinski definition) is 1. The molecular weight excluding hydrogens is 345 g/mol. The first-order valence-corrected chi connectivity index (χ1v) is 6.85. The molecule has 1 N–H and O–H groups in total. The van der Waals surface area contributed by atoms with Crippen LogP contribution in [0, 0.1) is 10.5 Å². The summed E-state index contributed by atoms with van der Waals surface area (Å²) in [6.45, 7) is 2.94. The number of anilines is 1. The molecule has 0 saturated heterocycles. The lowest BCUT2D eigenvalue weighted by Crippen LogP contribution is -2.01. The molecule has 1 nitrogen and oxygen atoms in total. The van der Waals surface area contributed by atoms with Gasteiger partial charge in [0.05, 0.1) is 0 Å². The third-order valence-corrected chi connectivity index (χ3v) is 3.62. The van der Waals surface area contributed by atoms with Crippen molar-refractivity contribution >= 4 is 39.9 Å². The van der Waals surface area contributed by atoms with E-state index in [0.29, 0.717) is 0 Å².